The zero-order valence-electron chi connectivity index (χ0n) is 15.0. The third-order valence-corrected chi connectivity index (χ3v) is 4.39. The zero-order chi connectivity index (χ0) is 19.4. The van der Waals surface area contributed by atoms with Crippen molar-refractivity contribution in [3.63, 3.8) is 0 Å². The number of urea groups is 1. The van der Waals surface area contributed by atoms with Crippen molar-refractivity contribution >= 4 is 29.2 Å². The van der Waals surface area contributed by atoms with Crippen molar-refractivity contribution in [3.05, 3.63) is 70.4 Å². The summed E-state index contributed by atoms with van der Waals surface area (Å²) in [5, 5.41) is 8.90. The van der Waals surface area contributed by atoms with Crippen molar-refractivity contribution in [1.29, 1.82) is 0 Å². The number of ether oxygens (including phenoxy) is 1. The fourth-order valence-corrected chi connectivity index (χ4v) is 3.03. The summed E-state index contributed by atoms with van der Waals surface area (Å²) >= 11 is 5.95. The van der Waals surface area contributed by atoms with Crippen molar-refractivity contribution in [3.8, 4) is 5.75 Å². The molecule has 0 saturated heterocycles. The number of rotatable bonds is 5. The molecule has 0 aromatic heterocycles. The van der Waals surface area contributed by atoms with E-state index in [1.165, 1.54) is 0 Å². The quantitative estimate of drug-likeness (QED) is 0.727. The van der Waals surface area contributed by atoms with E-state index < -0.39 is 6.04 Å². The first-order chi connectivity index (χ1) is 13.0. The number of anilines is 1. The molecule has 0 fully saturated rings. The second-order valence-corrected chi connectivity index (χ2v) is 6.47. The molecule has 3 N–H and O–H groups in total. The summed E-state index contributed by atoms with van der Waals surface area (Å²) in [5.74, 6) is 0.431. The van der Waals surface area contributed by atoms with Gasteiger partial charge in [-0.2, -0.15) is 0 Å². The molecular weight excluding hydrogens is 366 g/mol. The molecule has 140 valence electrons. The number of carbonyl (C=O) groups excluding carboxylic acids is 2. The standard InChI is InChI=1S/C20H20ClN3O3/c1-3-27-16-10-8-15(9-11-16)23-19(25)17-12(2)22-20(26)24-18(17)13-4-6-14(21)7-5-13/h4-11,18H,3H2,1-2H3,(H,23,25)(H2,22,24,26). The highest BCUT2D eigenvalue weighted by Gasteiger charge is 2.31. The summed E-state index contributed by atoms with van der Waals surface area (Å²) in [6.07, 6.45) is 0. The van der Waals surface area contributed by atoms with E-state index in [0.29, 0.717) is 28.6 Å². The van der Waals surface area contributed by atoms with Crippen LogP contribution in [0.2, 0.25) is 5.02 Å². The lowest BCUT2D eigenvalue weighted by molar-refractivity contribution is -0.113. The average Bonchev–Trinajstić information content (AvgIpc) is 2.63. The van der Waals surface area contributed by atoms with Crippen molar-refractivity contribution in [2.24, 2.45) is 0 Å². The van der Waals surface area contributed by atoms with Gasteiger partial charge in [0, 0.05) is 16.4 Å². The lowest BCUT2D eigenvalue weighted by Crippen LogP contribution is -2.45. The van der Waals surface area contributed by atoms with Gasteiger partial charge in [-0.05, 0) is 55.8 Å². The Morgan fingerprint density at radius 3 is 2.44 bits per heavy atom. The number of carbonyl (C=O) groups is 2. The molecule has 1 atom stereocenters. The molecule has 6 nitrogen and oxygen atoms in total. The van der Waals surface area contributed by atoms with Crippen LogP contribution in [0.3, 0.4) is 0 Å². The maximum atomic E-state index is 12.9. The predicted molar refractivity (Wildman–Crippen MR) is 105 cm³/mol. The number of halogens is 1. The van der Waals surface area contributed by atoms with Gasteiger partial charge in [0.2, 0.25) is 0 Å². The van der Waals surface area contributed by atoms with Crippen LogP contribution in [0, 0.1) is 0 Å². The SMILES string of the molecule is CCOc1ccc(NC(=O)C2=C(C)NC(=O)NC2c2ccc(Cl)cc2)cc1. The molecule has 0 bridgehead atoms. The van der Waals surface area contributed by atoms with Gasteiger partial charge in [0.25, 0.3) is 5.91 Å². The first-order valence-corrected chi connectivity index (χ1v) is 8.93. The molecule has 7 heteroatoms. The number of benzene rings is 2. The minimum Gasteiger partial charge on any atom is -0.494 e. The van der Waals surface area contributed by atoms with Gasteiger partial charge in [0.15, 0.2) is 0 Å². The lowest BCUT2D eigenvalue weighted by atomic mass is 9.95. The van der Waals surface area contributed by atoms with Crippen molar-refractivity contribution in [2.45, 2.75) is 19.9 Å². The van der Waals surface area contributed by atoms with E-state index in [-0.39, 0.29) is 11.9 Å². The summed E-state index contributed by atoms with van der Waals surface area (Å²) in [5.41, 5.74) is 2.34. The molecule has 0 aliphatic carbocycles. The third kappa shape index (κ3) is 4.41. The monoisotopic (exact) mass is 385 g/mol. The summed E-state index contributed by atoms with van der Waals surface area (Å²) in [4.78, 5) is 24.8. The molecule has 0 radical (unpaired) electrons. The van der Waals surface area contributed by atoms with Gasteiger partial charge in [-0.25, -0.2) is 4.79 Å². The molecule has 2 aromatic rings. The predicted octanol–water partition coefficient (Wildman–Crippen LogP) is 4.01. The van der Waals surface area contributed by atoms with Crippen molar-refractivity contribution in [1.82, 2.24) is 10.6 Å². The Morgan fingerprint density at radius 1 is 1.15 bits per heavy atom. The molecule has 0 spiro atoms. The van der Waals surface area contributed by atoms with Crippen molar-refractivity contribution in [2.75, 3.05) is 11.9 Å². The van der Waals surface area contributed by atoms with Gasteiger partial charge in [-0.3, -0.25) is 4.79 Å². The van der Waals surface area contributed by atoms with Crippen LogP contribution in [0.25, 0.3) is 0 Å². The Balaban J connectivity index is 1.86. The molecule has 2 aromatic carbocycles. The average molecular weight is 386 g/mol. The van der Waals surface area contributed by atoms with Crippen LogP contribution in [-0.2, 0) is 4.79 Å². The number of hydrogen-bond donors (Lipinski definition) is 3. The molecule has 27 heavy (non-hydrogen) atoms. The Hall–Kier alpha value is -2.99. The van der Waals surface area contributed by atoms with Crippen LogP contribution in [0.4, 0.5) is 10.5 Å². The first kappa shape index (κ1) is 18.8. The van der Waals surface area contributed by atoms with Crippen LogP contribution in [0.5, 0.6) is 5.75 Å². The highest BCUT2D eigenvalue weighted by Crippen LogP contribution is 2.28. The maximum absolute atomic E-state index is 12.9. The summed E-state index contributed by atoms with van der Waals surface area (Å²) in [6.45, 7) is 4.19. The Labute approximate surface area is 162 Å². The van der Waals surface area contributed by atoms with Gasteiger partial charge in [0.05, 0.1) is 18.2 Å². The van der Waals surface area contributed by atoms with E-state index in [0.717, 1.165) is 11.3 Å². The molecular formula is C20H20ClN3O3. The number of nitrogens with one attached hydrogen (secondary N) is 3. The molecule has 1 unspecified atom stereocenters. The molecule has 0 saturated carbocycles. The molecule has 1 aliphatic rings. The van der Waals surface area contributed by atoms with Gasteiger partial charge in [-0.1, -0.05) is 23.7 Å². The minimum atomic E-state index is -0.571. The van der Waals surface area contributed by atoms with Gasteiger partial charge in [0.1, 0.15) is 5.75 Å². The van der Waals surface area contributed by atoms with Gasteiger partial charge >= 0.3 is 6.03 Å². The van der Waals surface area contributed by atoms with E-state index in [4.69, 9.17) is 16.3 Å². The van der Waals surface area contributed by atoms with Gasteiger partial charge < -0.3 is 20.7 Å². The number of amides is 3. The normalized spacial score (nSPS) is 16.4. The van der Waals surface area contributed by atoms with Crippen LogP contribution >= 0.6 is 11.6 Å². The number of allylic oxidation sites excluding steroid dienone is 1. The second-order valence-electron chi connectivity index (χ2n) is 6.03. The second kappa shape index (κ2) is 8.14. The number of hydrogen-bond acceptors (Lipinski definition) is 3. The minimum absolute atomic E-state index is 0.302. The molecule has 1 heterocycles. The Morgan fingerprint density at radius 2 is 1.81 bits per heavy atom. The lowest BCUT2D eigenvalue weighted by Gasteiger charge is -2.28. The highest BCUT2D eigenvalue weighted by atomic mass is 35.5. The van der Waals surface area contributed by atoms with E-state index >= 15 is 0 Å². The Kier molecular flexibility index (Phi) is 5.66. The van der Waals surface area contributed by atoms with E-state index in [9.17, 15) is 9.59 Å². The van der Waals surface area contributed by atoms with E-state index in [1.54, 1.807) is 55.5 Å². The van der Waals surface area contributed by atoms with Crippen LogP contribution in [0.15, 0.2) is 59.8 Å². The van der Waals surface area contributed by atoms with Crippen LogP contribution in [-0.4, -0.2) is 18.5 Å². The smallest absolute Gasteiger partial charge is 0.319 e. The van der Waals surface area contributed by atoms with Crippen LogP contribution in [0.1, 0.15) is 25.5 Å². The molecule has 3 rings (SSSR count). The fraction of sp³-hybridized carbons (Fsp3) is 0.200. The van der Waals surface area contributed by atoms with Crippen LogP contribution < -0.4 is 20.7 Å². The summed E-state index contributed by atoms with van der Waals surface area (Å²) in [6, 6.07) is 13.2. The fourth-order valence-electron chi connectivity index (χ4n) is 2.90. The summed E-state index contributed by atoms with van der Waals surface area (Å²) in [7, 11) is 0. The largest absolute Gasteiger partial charge is 0.494 e. The summed E-state index contributed by atoms with van der Waals surface area (Å²) < 4.78 is 5.41. The zero-order valence-corrected chi connectivity index (χ0v) is 15.8. The molecule has 1 aliphatic heterocycles. The third-order valence-electron chi connectivity index (χ3n) is 4.14. The topological polar surface area (TPSA) is 79.5 Å². The Bertz CT molecular complexity index is 876. The van der Waals surface area contributed by atoms with Gasteiger partial charge in [-0.15, -0.1) is 0 Å². The van der Waals surface area contributed by atoms with E-state index in [2.05, 4.69) is 16.0 Å². The first-order valence-electron chi connectivity index (χ1n) is 8.56. The van der Waals surface area contributed by atoms with E-state index in [1.807, 2.05) is 6.92 Å². The maximum Gasteiger partial charge on any atom is 0.319 e. The molecule has 3 amide bonds. The van der Waals surface area contributed by atoms with Crippen molar-refractivity contribution < 1.29 is 14.3 Å². The highest BCUT2D eigenvalue weighted by molar-refractivity contribution is 6.30.